The summed E-state index contributed by atoms with van der Waals surface area (Å²) in [6.45, 7) is 1.44. The van der Waals surface area contributed by atoms with Gasteiger partial charge in [-0.25, -0.2) is 26.8 Å². The summed E-state index contributed by atoms with van der Waals surface area (Å²) in [7, 11) is -2.44. The summed E-state index contributed by atoms with van der Waals surface area (Å²) in [5.41, 5.74) is 0. The minimum Gasteiger partial charge on any atom is -0.225 e. The highest BCUT2D eigenvalue weighted by molar-refractivity contribution is 8.13. The summed E-state index contributed by atoms with van der Waals surface area (Å²) in [6.07, 6.45) is 1.72. The van der Waals surface area contributed by atoms with E-state index in [0.717, 1.165) is 12.4 Å². The Hall–Kier alpha value is -0.730. The maximum absolute atomic E-state index is 11.3. The molecule has 0 aliphatic carbocycles. The standard InChI is InChI=1S/C6H7ClN2O4S2/c1-2-14(10,11)6-8-3-5(4-9-6)15(7,12)13/h3-4H,2H2,1H3. The SMILES string of the molecule is CCS(=O)(=O)c1ncc(S(=O)(=O)Cl)cn1. The molecular formula is C6H7ClN2O4S2. The molecule has 0 bridgehead atoms. The van der Waals surface area contributed by atoms with Gasteiger partial charge < -0.3 is 0 Å². The predicted molar refractivity (Wildman–Crippen MR) is 52.8 cm³/mol. The van der Waals surface area contributed by atoms with E-state index in [1.165, 1.54) is 6.92 Å². The molecule has 1 aromatic rings. The summed E-state index contributed by atoms with van der Waals surface area (Å²) in [5.74, 6) is -0.153. The fraction of sp³-hybridized carbons (Fsp3) is 0.333. The van der Waals surface area contributed by atoms with Crippen molar-refractivity contribution in [3.05, 3.63) is 12.4 Å². The van der Waals surface area contributed by atoms with Gasteiger partial charge in [-0.2, -0.15) is 0 Å². The summed E-state index contributed by atoms with van der Waals surface area (Å²) in [4.78, 5) is 6.52. The van der Waals surface area contributed by atoms with Crippen molar-refractivity contribution in [3.63, 3.8) is 0 Å². The minimum atomic E-state index is -3.92. The van der Waals surface area contributed by atoms with E-state index in [1.807, 2.05) is 0 Å². The maximum atomic E-state index is 11.3. The van der Waals surface area contributed by atoms with E-state index in [2.05, 4.69) is 9.97 Å². The molecule has 0 saturated heterocycles. The van der Waals surface area contributed by atoms with E-state index in [9.17, 15) is 16.8 Å². The molecule has 0 atom stereocenters. The molecule has 84 valence electrons. The molecule has 0 amide bonds. The van der Waals surface area contributed by atoms with E-state index >= 15 is 0 Å². The Morgan fingerprint density at radius 1 is 1.20 bits per heavy atom. The molecule has 6 nitrogen and oxygen atoms in total. The molecule has 0 aliphatic rings. The number of sulfone groups is 1. The lowest BCUT2D eigenvalue weighted by atomic mass is 10.7. The van der Waals surface area contributed by atoms with Gasteiger partial charge in [0.05, 0.1) is 18.1 Å². The van der Waals surface area contributed by atoms with Crippen LogP contribution in [0.25, 0.3) is 0 Å². The molecule has 0 spiro atoms. The second-order valence-corrected chi connectivity index (χ2v) is 7.28. The Morgan fingerprint density at radius 2 is 1.67 bits per heavy atom. The van der Waals surface area contributed by atoms with Crippen LogP contribution in [-0.4, -0.2) is 32.6 Å². The van der Waals surface area contributed by atoms with Gasteiger partial charge in [0, 0.05) is 10.7 Å². The lowest BCUT2D eigenvalue weighted by molar-refractivity contribution is 0.585. The van der Waals surface area contributed by atoms with Crippen LogP contribution in [0.2, 0.25) is 0 Å². The van der Waals surface area contributed by atoms with Crippen LogP contribution in [0.3, 0.4) is 0 Å². The van der Waals surface area contributed by atoms with Crippen molar-refractivity contribution < 1.29 is 16.8 Å². The van der Waals surface area contributed by atoms with Crippen molar-refractivity contribution in [1.29, 1.82) is 0 Å². The zero-order valence-corrected chi connectivity index (χ0v) is 9.97. The van der Waals surface area contributed by atoms with Crippen molar-refractivity contribution in [3.8, 4) is 0 Å². The van der Waals surface area contributed by atoms with Crippen LogP contribution in [0.5, 0.6) is 0 Å². The van der Waals surface area contributed by atoms with E-state index in [4.69, 9.17) is 10.7 Å². The molecule has 0 fully saturated rings. The van der Waals surface area contributed by atoms with Crippen LogP contribution >= 0.6 is 10.7 Å². The van der Waals surface area contributed by atoms with Gasteiger partial charge >= 0.3 is 0 Å². The largest absolute Gasteiger partial charge is 0.264 e. The highest BCUT2D eigenvalue weighted by Gasteiger charge is 2.17. The Morgan fingerprint density at radius 3 is 2.00 bits per heavy atom. The average Bonchev–Trinajstić information content (AvgIpc) is 2.17. The molecule has 15 heavy (non-hydrogen) atoms. The lowest BCUT2D eigenvalue weighted by Crippen LogP contribution is -2.09. The summed E-state index contributed by atoms with van der Waals surface area (Å²) in [6, 6.07) is 0. The van der Waals surface area contributed by atoms with Crippen molar-refractivity contribution in [1.82, 2.24) is 9.97 Å². The first-order valence-corrected chi connectivity index (χ1v) is 7.73. The molecular weight excluding hydrogens is 264 g/mol. The van der Waals surface area contributed by atoms with Crippen molar-refractivity contribution in [2.45, 2.75) is 17.0 Å². The number of nitrogens with zero attached hydrogens (tertiary/aromatic N) is 2. The highest BCUT2D eigenvalue weighted by Crippen LogP contribution is 2.13. The molecule has 0 radical (unpaired) electrons. The number of rotatable bonds is 3. The first-order valence-electron chi connectivity index (χ1n) is 3.77. The first-order chi connectivity index (χ1) is 6.77. The Labute approximate surface area is 91.7 Å². The predicted octanol–water partition coefficient (Wildman–Crippen LogP) is 0.198. The lowest BCUT2D eigenvalue weighted by Gasteiger charge is -1.99. The van der Waals surface area contributed by atoms with E-state index in [0.29, 0.717) is 0 Å². The van der Waals surface area contributed by atoms with E-state index in [-0.39, 0.29) is 10.6 Å². The third-order valence-corrected chi connectivity index (χ3v) is 4.38. The Balaban J connectivity index is 3.24. The highest BCUT2D eigenvalue weighted by atomic mass is 35.7. The maximum Gasteiger partial charge on any atom is 0.264 e. The molecule has 0 aliphatic heterocycles. The molecule has 1 heterocycles. The van der Waals surface area contributed by atoms with Crippen LogP contribution in [0.15, 0.2) is 22.4 Å². The minimum absolute atomic E-state index is 0.153. The second-order valence-electron chi connectivity index (χ2n) is 2.54. The van der Waals surface area contributed by atoms with E-state index in [1.54, 1.807) is 0 Å². The fourth-order valence-corrected chi connectivity index (χ4v) is 2.00. The van der Waals surface area contributed by atoms with Gasteiger partial charge in [0.2, 0.25) is 15.0 Å². The van der Waals surface area contributed by atoms with Gasteiger partial charge in [0.15, 0.2) is 0 Å². The molecule has 0 aromatic carbocycles. The topological polar surface area (TPSA) is 94.1 Å². The summed E-state index contributed by atoms with van der Waals surface area (Å²) < 4.78 is 44.1. The zero-order valence-electron chi connectivity index (χ0n) is 7.58. The van der Waals surface area contributed by atoms with E-state index < -0.39 is 24.0 Å². The molecule has 9 heteroatoms. The monoisotopic (exact) mass is 270 g/mol. The third kappa shape index (κ3) is 2.86. The van der Waals surface area contributed by atoms with Gasteiger partial charge in [-0.05, 0) is 0 Å². The quantitative estimate of drug-likeness (QED) is 0.575. The molecule has 0 N–H and O–H groups in total. The Bertz CT molecular complexity index is 549. The van der Waals surface area contributed by atoms with Crippen molar-refractivity contribution in [2.24, 2.45) is 0 Å². The fourth-order valence-electron chi connectivity index (χ4n) is 0.720. The molecule has 0 saturated carbocycles. The number of hydrogen-bond acceptors (Lipinski definition) is 6. The van der Waals surface area contributed by atoms with Gasteiger partial charge in [0.1, 0.15) is 4.90 Å². The van der Waals surface area contributed by atoms with Crippen LogP contribution in [0.1, 0.15) is 6.92 Å². The van der Waals surface area contributed by atoms with Crippen LogP contribution in [0, 0.1) is 0 Å². The third-order valence-electron chi connectivity index (χ3n) is 1.54. The number of aromatic nitrogens is 2. The van der Waals surface area contributed by atoms with Gasteiger partial charge in [-0.15, -0.1) is 0 Å². The van der Waals surface area contributed by atoms with Gasteiger partial charge in [0.25, 0.3) is 9.05 Å². The van der Waals surface area contributed by atoms with Crippen LogP contribution < -0.4 is 0 Å². The van der Waals surface area contributed by atoms with Crippen LogP contribution in [-0.2, 0) is 18.9 Å². The molecule has 1 aromatic heterocycles. The summed E-state index contributed by atoms with van der Waals surface area (Å²) in [5, 5.41) is -0.408. The van der Waals surface area contributed by atoms with Gasteiger partial charge in [-0.3, -0.25) is 0 Å². The smallest absolute Gasteiger partial charge is 0.225 e. The Kier molecular flexibility index (Phi) is 3.31. The second kappa shape index (κ2) is 4.03. The molecule has 0 unspecified atom stereocenters. The van der Waals surface area contributed by atoms with Crippen molar-refractivity contribution >= 4 is 29.6 Å². The first kappa shape index (κ1) is 12.3. The van der Waals surface area contributed by atoms with Gasteiger partial charge in [-0.1, -0.05) is 6.92 Å². The van der Waals surface area contributed by atoms with Crippen molar-refractivity contribution in [2.75, 3.05) is 5.75 Å². The molecule has 1 rings (SSSR count). The summed E-state index contributed by atoms with van der Waals surface area (Å²) >= 11 is 0. The zero-order chi connectivity index (χ0) is 11.7. The normalized spacial score (nSPS) is 12.7. The average molecular weight is 271 g/mol. The number of hydrogen-bond donors (Lipinski definition) is 0. The van der Waals surface area contributed by atoms with Crippen LogP contribution in [0.4, 0.5) is 0 Å². The number of halogens is 1.